The Morgan fingerprint density at radius 2 is 1.96 bits per heavy atom. The number of imidazole rings is 1. The highest BCUT2D eigenvalue weighted by Crippen LogP contribution is 2.23. The van der Waals surface area contributed by atoms with Gasteiger partial charge in [-0.3, -0.25) is 19.0 Å². The van der Waals surface area contributed by atoms with E-state index in [1.807, 2.05) is 0 Å². The summed E-state index contributed by atoms with van der Waals surface area (Å²) >= 11 is 0. The van der Waals surface area contributed by atoms with E-state index >= 15 is 0 Å². The largest absolute Gasteiger partial charge is 0.454 e. The van der Waals surface area contributed by atoms with E-state index in [1.54, 1.807) is 7.05 Å². The molecular weight excluding hydrogens is 366 g/mol. The van der Waals surface area contributed by atoms with Crippen LogP contribution in [0.5, 0.6) is 0 Å². The summed E-state index contributed by atoms with van der Waals surface area (Å²) < 4.78 is 8.44. The number of fused-ring (bicyclic) bond motifs is 1. The normalized spacial score (nSPS) is 19.5. The van der Waals surface area contributed by atoms with Crippen LogP contribution in [0, 0.1) is 5.92 Å². The first-order chi connectivity index (χ1) is 13.3. The van der Waals surface area contributed by atoms with Crippen molar-refractivity contribution in [3.63, 3.8) is 0 Å². The molecule has 1 saturated carbocycles. The molecule has 2 aromatic heterocycles. The maximum atomic E-state index is 12.6. The maximum Gasteiger partial charge on any atom is 0.333 e. The van der Waals surface area contributed by atoms with Crippen LogP contribution in [-0.4, -0.2) is 43.2 Å². The van der Waals surface area contributed by atoms with Gasteiger partial charge >= 0.3 is 11.7 Å². The van der Waals surface area contributed by atoms with Crippen molar-refractivity contribution in [1.29, 1.82) is 0 Å². The lowest BCUT2D eigenvalue weighted by Crippen LogP contribution is -2.44. The van der Waals surface area contributed by atoms with Gasteiger partial charge in [-0.15, -0.1) is 0 Å². The smallest absolute Gasteiger partial charge is 0.333 e. The minimum absolute atomic E-state index is 0.0853. The van der Waals surface area contributed by atoms with Gasteiger partial charge in [0.05, 0.1) is 6.33 Å². The lowest BCUT2D eigenvalue weighted by molar-refractivity contribution is -0.149. The number of carbonyl (C=O) groups excluding carboxylic acids is 2. The molecule has 1 N–H and O–H groups in total. The highest BCUT2D eigenvalue weighted by molar-refractivity contribution is 5.80. The molecule has 1 amide bonds. The van der Waals surface area contributed by atoms with Crippen LogP contribution in [0.25, 0.3) is 11.2 Å². The van der Waals surface area contributed by atoms with Crippen LogP contribution in [0.15, 0.2) is 15.9 Å². The third kappa shape index (κ3) is 3.85. The number of hydrogen-bond acceptors (Lipinski definition) is 6. The third-order valence-electron chi connectivity index (χ3n) is 5.31. The fourth-order valence-electron chi connectivity index (χ4n) is 3.64. The number of esters is 1. The Balaban J connectivity index is 1.65. The summed E-state index contributed by atoms with van der Waals surface area (Å²) in [7, 11) is 3.10. The first kappa shape index (κ1) is 19.8. The van der Waals surface area contributed by atoms with Crippen LogP contribution in [0.2, 0.25) is 0 Å². The fraction of sp³-hybridized carbons (Fsp3) is 0.611. The number of amides is 1. The van der Waals surface area contributed by atoms with Crippen molar-refractivity contribution < 1.29 is 14.3 Å². The van der Waals surface area contributed by atoms with Crippen molar-refractivity contribution >= 4 is 23.0 Å². The zero-order valence-corrected chi connectivity index (χ0v) is 16.3. The summed E-state index contributed by atoms with van der Waals surface area (Å²) in [5.74, 6) is -0.817. The Bertz CT molecular complexity index is 1020. The fourth-order valence-corrected chi connectivity index (χ4v) is 3.64. The average molecular weight is 391 g/mol. The molecule has 2 atom stereocenters. The van der Waals surface area contributed by atoms with Crippen LogP contribution >= 0.6 is 0 Å². The number of aromatic nitrogens is 4. The molecule has 0 aliphatic heterocycles. The Labute approximate surface area is 161 Å². The first-order valence-corrected chi connectivity index (χ1v) is 9.35. The highest BCUT2D eigenvalue weighted by atomic mass is 16.5. The van der Waals surface area contributed by atoms with E-state index in [9.17, 15) is 19.2 Å². The number of aryl methyl sites for hydroxylation is 2. The van der Waals surface area contributed by atoms with Gasteiger partial charge in [-0.2, -0.15) is 0 Å². The van der Waals surface area contributed by atoms with E-state index in [1.165, 1.54) is 22.5 Å². The number of nitrogens with zero attached hydrogens (tertiary/aromatic N) is 4. The van der Waals surface area contributed by atoms with Crippen molar-refractivity contribution in [1.82, 2.24) is 24.0 Å². The van der Waals surface area contributed by atoms with Crippen LogP contribution in [-0.2, 0) is 35.0 Å². The van der Waals surface area contributed by atoms with Crippen LogP contribution in [0.1, 0.15) is 32.6 Å². The first-order valence-electron chi connectivity index (χ1n) is 9.35. The number of carbonyl (C=O) groups is 2. The molecule has 152 valence electrons. The molecule has 0 radical (unpaired) electrons. The number of ether oxygens (including phenoxy) is 1. The molecule has 10 nitrogen and oxygen atoms in total. The predicted molar refractivity (Wildman–Crippen MR) is 101 cm³/mol. The van der Waals surface area contributed by atoms with E-state index in [4.69, 9.17) is 4.74 Å². The minimum atomic E-state index is -0.826. The minimum Gasteiger partial charge on any atom is -0.454 e. The second-order valence-electron chi connectivity index (χ2n) is 7.36. The van der Waals surface area contributed by atoms with Crippen molar-refractivity contribution in [2.45, 2.75) is 45.2 Å². The molecule has 2 unspecified atom stereocenters. The van der Waals surface area contributed by atoms with Crippen LogP contribution < -0.4 is 16.6 Å². The van der Waals surface area contributed by atoms with Gasteiger partial charge in [0.25, 0.3) is 11.5 Å². The summed E-state index contributed by atoms with van der Waals surface area (Å²) in [5, 5.41) is 2.89. The zero-order valence-electron chi connectivity index (χ0n) is 16.3. The summed E-state index contributed by atoms with van der Waals surface area (Å²) in [5.41, 5.74) is -0.855. The SMILES string of the molecule is CC1CCCCC1NC(=O)COC(=O)Cn1c(=O)c2c(ncn2C)n(C)c1=O. The molecular formula is C18H25N5O5. The average Bonchev–Trinajstić information content (AvgIpc) is 3.05. The molecule has 1 aliphatic carbocycles. The van der Waals surface area contributed by atoms with E-state index < -0.39 is 30.4 Å². The molecule has 1 aliphatic rings. The standard InChI is InChI=1S/C18H25N5O5/c1-11-6-4-5-7-12(11)20-13(24)9-28-14(25)8-23-17(26)15-16(19-10-21(15)2)22(3)18(23)27/h10-12H,4-9H2,1-3H3,(H,20,24). The summed E-state index contributed by atoms with van der Waals surface area (Å²) in [6, 6.07) is 0.0853. The Hall–Kier alpha value is -2.91. The molecule has 0 saturated heterocycles. The second kappa shape index (κ2) is 7.99. The van der Waals surface area contributed by atoms with Crippen molar-refractivity contribution in [2.24, 2.45) is 20.0 Å². The van der Waals surface area contributed by atoms with Crippen molar-refractivity contribution in [3.8, 4) is 0 Å². The van der Waals surface area contributed by atoms with Crippen molar-refractivity contribution in [2.75, 3.05) is 6.61 Å². The molecule has 28 heavy (non-hydrogen) atoms. The lowest BCUT2D eigenvalue weighted by atomic mass is 9.86. The molecule has 3 rings (SSSR count). The molecule has 0 aromatic carbocycles. The topological polar surface area (TPSA) is 117 Å². The highest BCUT2D eigenvalue weighted by Gasteiger charge is 2.23. The quantitative estimate of drug-likeness (QED) is 0.698. The zero-order chi connectivity index (χ0) is 20.4. The molecule has 2 aromatic rings. The summed E-state index contributed by atoms with van der Waals surface area (Å²) in [4.78, 5) is 53.1. The maximum absolute atomic E-state index is 12.6. The van der Waals surface area contributed by atoms with Gasteiger partial charge in [-0.1, -0.05) is 19.8 Å². The van der Waals surface area contributed by atoms with Gasteiger partial charge in [0.1, 0.15) is 6.54 Å². The number of hydrogen-bond donors (Lipinski definition) is 1. The number of rotatable bonds is 5. The van der Waals surface area contributed by atoms with Crippen molar-refractivity contribution in [3.05, 3.63) is 27.2 Å². The van der Waals surface area contributed by atoms with E-state index in [-0.39, 0.29) is 23.1 Å². The van der Waals surface area contributed by atoms with Gasteiger partial charge in [0.15, 0.2) is 17.8 Å². The third-order valence-corrected chi connectivity index (χ3v) is 5.31. The van der Waals surface area contributed by atoms with Gasteiger partial charge in [-0.05, 0) is 18.8 Å². The lowest BCUT2D eigenvalue weighted by Gasteiger charge is -2.29. The monoisotopic (exact) mass is 391 g/mol. The Morgan fingerprint density at radius 3 is 2.68 bits per heavy atom. The Kier molecular flexibility index (Phi) is 5.66. The van der Waals surface area contributed by atoms with Crippen LogP contribution in [0.4, 0.5) is 0 Å². The molecule has 0 spiro atoms. The van der Waals surface area contributed by atoms with Gasteiger partial charge in [0.2, 0.25) is 0 Å². The van der Waals surface area contributed by atoms with Gasteiger partial charge in [-0.25, -0.2) is 14.3 Å². The summed E-state index contributed by atoms with van der Waals surface area (Å²) in [6.45, 7) is 1.08. The second-order valence-corrected chi connectivity index (χ2v) is 7.36. The van der Waals surface area contributed by atoms with Gasteiger partial charge < -0.3 is 14.6 Å². The molecule has 10 heteroatoms. The van der Waals surface area contributed by atoms with E-state index in [0.717, 1.165) is 30.3 Å². The predicted octanol–water partition coefficient (Wildman–Crippen LogP) is -0.328. The van der Waals surface area contributed by atoms with E-state index in [0.29, 0.717) is 5.92 Å². The van der Waals surface area contributed by atoms with Crippen LogP contribution in [0.3, 0.4) is 0 Å². The summed E-state index contributed by atoms with van der Waals surface area (Å²) in [6.07, 6.45) is 5.63. The van der Waals surface area contributed by atoms with E-state index in [2.05, 4.69) is 17.2 Å². The number of nitrogens with one attached hydrogen (secondary N) is 1. The molecule has 1 fully saturated rings. The molecule has 2 heterocycles. The Morgan fingerprint density at radius 1 is 1.25 bits per heavy atom. The molecule has 0 bridgehead atoms. The van der Waals surface area contributed by atoms with Gasteiger partial charge in [0, 0.05) is 20.1 Å².